The van der Waals surface area contributed by atoms with Crippen LogP contribution >= 0.6 is 9.47 Å². The highest BCUT2D eigenvalue weighted by atomic mass is 32.2. The number of hydrogen-bond acceptors (Lipinski definition) is 5. The minimum atomic E-state index is -3.74. The summed E-state index contributed by atoms with van der Waals surface area (Å²) in [6.45, 7) is 5.99. The van der Waals surface area contributed by atoms with Crippen LogP contribution in [0.3, 0.4) is 0 Å². The normalized spacial score (nSPS) is 15.0. The zero-order valence-electron chi connectivity index (χ0n) is 13.8. The average molecular weight is 366 g/mol. The predicted octanol–water partition coefficient (Wildman–Crippen LogP) is 1.85. The number of benzene rings is 1. The molecule has 0 radical (unpaired) electrons. The SMILES string of the molecule is CC[C@H](N)[C@H](O)CN(CC(C)C)S(=O)(=O)c1cccc(OP)c1.[3HH]. The number of aliphatic hydroxyl groups is 1. The van der Waals surface area contributed by atoms with Crippen LogP contribution in [-0.4, -0.2) is 43.1 Å². The molecule has 0 spiro atoms. The molecule has 0 aliphatic rings. The van der Waals surface area contributed by atoms with Crippen molar-refractivity contribution in [3.63, 3.8) is 0 Å². The summed E-state index contributed by atoms with van der Waals surface area (Å²) in [6, 6.07) is 5.81. The Kier molecular flexibility index (Phi) is 7.90. The number of nitrogens with two attached hydrogens (primary N) is 1. The molecule has 0 amide bonds. The molecule has 0 aromatic heterocycles. The monoisotopic (exact) mass is 366 g/mol. The molecule has 6 nitrogen and oxygen atoms in total. The molecule has 1 rings (SSSR count). The first-order valence-electron chi connectivity index (χ1n) is 7.63. The van der Waals surface area contributed by atoms with Crippen LogP contribution in [0.5, 0.6) is 5.75 Å². The molecule has 8 heteroatoms. The second-order valence-corrected chi connectivity index (χ2v) is 8.12. The molecule has 3 atom stereocenters. The molecule has 134 valence electrons. The van der Waals surface area contributed by atoms with E-state index in [0.717, 1.165) is 0 Å². The highest BCUT2D eigenvalue weighted by Gasteiger charge is 2.29. The van der Waals surface area contributed by atoms with E-state index < -0.39 is 22.2 Å². The third-order valence-electron chi connectivity index (χ3n) is 3.50. The third kappa shape index (κ3) is 5.69. The Labute approximate surface area is 142 Å². The van der Waals surface area contributed by atoms with E-state index in [-0.39, 0.29) is 18.8 Å². The van der Waals surface area contributed by atoms with E-state index in [4.69, 9.17) is 10.3 Å². The van der Waals surface area contributed by atoms with Gasteiger partial charge in [-0.1, -0.05) is 26.8 Å². The summed E-state index contributed by atoms with van der Waals surface area (Å²) in [4.78, 5) is 0.135. The first kappa shape index (κ1) is 20.3. The first-order valence-corrected chi connectivity index (χ1v) is 9.54. The lowest BCUT2D eigenvalue weighted by atomic mass is 10.1. The summed E-state index contributed by atoms with van der Waals surface area (Å²) in [6.07, 6.45) is -0.331. The van der Waals surface area contributed by atoms with Crippen LogP contribution in [0.4, 0.5) is 0 Å². The molecule has 1 aromatic carbocycles. The van der Waals surface area contributed by atoms with Crippen molar-refractivity contribution in [1.29, 1.82) is 0 Å². The molecule has 0 aliphatic heterocycles. The van der Waals surface area contributed by atoms with Gasteiger partial charge in [-0.15, -0.1) is 0 Å². The predicted molar refractivity (Wildman–Crippen MR) is 96.8 cm³/mol. The van der Waals surface area contributed by atoms with Crippen molar-refractivity contribution in [2.75, 3.05) is 13.1 Å². The van der Waals surface area contributed by atoms with Crippen LogP contribution in [0, 0.1) is 5.92 Å². The Bertz CT molecular complexity index is 601. The van der Waals surface area contributed by atoms with Crippen molar-refractivity contribution in [1.82, 2.24) is 4.31 Å². The first-order chi connectivity index (χ1) is 10.7. The molecule has 1 unspecified atom stereocenters. The lowest BCUT2D eigenvalue weighted by Crippen LogP contribution is -2.46. The highest BCUT2D eigenvalue weighted by molar-refractivity contribution is 7.89. The molecule has 23 heavy (non-hydrogen) atoms. The summed E-state index contributed by atoms with van der Waals surface area (Å²) < 4.78 is 32.1. The van der Waals surface area contributed by atoms with E-state index >= 15 is 0 Å². The van der Waals surface area contributed by atoms with E-state index in [0.29, 0.717) is 18.7 Å². The Morgan fingerprint density at radius 2 is 2.04 bits per heavy atom. The maximum absolute atomic E-state index is 12.9. The molecule has 3 N–H and O–H groups in total. The molecule has 0 heterocycles. The van der Waals surface area contributed by atoms with Crippen molar-refractivity contribution in [2.45, 2.75) is 44.2 Å². The fraction of sp³-hybridized carbons (Fsp3) is 0.600. The van der Waals surface area contributed by atoms with Gasteiger partial charge < -0.3 is 15.4 Å². The molecule has 0 fully saturated rings. The highest BCUT2D eigenvalue weighted by Crippen LogP contribution is 2.23. The standard InChI is InChI=1S/C15H27N2O4PS.H2/c1-4-14(16)15(18)10-17(9-11(2)3)23(19,20)13-7-5-6-12(8-13)21-22;/h5-8,11,14-15,18H,4,9-10,16,22H2,1-3H3;1H/t14-,15+;/m0./s1/i;1+2. The van der Waals surface area contributed by atoms with Gasteiger partial charge in [-0.2, -0.15) is 4.31 Å². The topological polar surface area (TPSA) is 92.9 Å². The maximum atomic E-state index is 12.9. The van der Waals surface area contributed by atoms with Gasteiger partial charge in [-0.3, -0.25) is 0 Å². The van der Waals surface area contributed by atoms with Crippen LogP contribution in [-0.2, 0) is 10.0 Å². The van der Waals surface area contributed by atoms with Crippen LogP contribution in [0.15, 0.2) is 29.2 Å². The Balaban J connectivity index is 0.00000529. The summed E-state index contributed by atoms with van der Waals surface area (Å²) in [5.74, 6) is 0.558. The van der Waals surface area contributed by atoms with Gasteiger partial charge >= 0.3 is 0 Å². The average Bonchev–Trinajstić information content (AvgIpc) is 2.52. The maximum Gasteiger partial charge on any atom is 0.243 e. The third-order valence-corrected chi connectivity index (χ3v) is 5.60. The molecular weight excluding hydrogens is 335 g/mol. The van der Waals surface area contributed by atoms with E-state index in [2.05, 4.69) is 9.47 Å². The van der Waals surface area contributed by atoms with E-state index in [1.807, 2.05) is 20.8 Å². The lowest BCUT2D eigenvalue weighted by Gasteiger charge is -2.28. The Morgan fingerprint density at radius 3 is 2.57 bits per heavy atom. The van der Waals surface area contributed by atoms with Crippen molar-refractivity contribution >= 4 is 19.5 Å². The van der Waals surface area contributed by atoms with Gasteiger partial charge in [0.1, 0.15) is 5.75 Å². The molecule has 0 saturated heterocycles. The van der Waals surface area contributed by atoms with Gasteiger partial charge in [0, 0.05) is 26.6 Å². The summed E-state index contributed by atoms with van der Waals surface area (Å²) in [5, 5.41) is 10.2. The number of aliphatic hydroxyl groups excluding tert-OH is 1. The van der Waals surface area contributed by atoms with Gasteiger partial charge in [0.15, 0.2) is 0 Å². The zero-order chi connectivity index (χ0) is 17.6. The fourth-order valence-electron chi connectivity index (χ4n) is 2.15. The molecule has 1 aromatic rings. The van der Waals surface area contributed by atoms with Gasteiger partial charge in [0.05, 0.1) is 20.5 Å². The largest absolute Gasteiger partial charge is 0.480 e. The van der Waals surface area contributed by atoms with Crippen LogP contribution in [0.25, 0.3) is 0 Å². The molecule has 0 aliphatic carbocycles. The number of nitrogens with zero attached hydrogens (tertiary/aromatic N) is 1. The van der Waals surface area contributed by atoms with Gasteiger partial charge in [0.25, 0.3) is 0 Å². The van der Waals surface area contributed by atoms with Gasteiger partial charge in [0.2, 0.25) is 10.0 Å². The van der Waals surface area contributed by atoms with Crippen molar-refractivity contribution in [3.05, 3.63) is 24.3 Å². The molecule has 0 bridgehead atoms. The lowest BCUT2D eigenvalue weighted by molar-refractivity contribution is 0.115. The van der Waals surface area contributed by atoms with Gasteiger partial charge in [-0.25, -0.2) is 8.42 Å². The van der Waals surface area contributed by atoms with E-state index in [1.165, 1.54) is 16.4 Å². The Hall–Kier alpha value is -0.720. The van der Waals surface area contributed by atoms with Crippen molar-refractivity contribution < 1.29 is 19.5 Å². The van der Waals surface area contributed by atoms with Crippen LogP contribution < -0.4 is 10.3 Å². The van der Waals surface area contributed by atoms with Crippen molar-refractivity contribution in [2.24, 2.45) is 11.7 Å². The van der Waals surface area contributed by atoms with Crippen LogP contribution in [0.2, 0.25) is 0 Å². The summed E-state index contributed by atoms with van der Waals surface area (Å²) >= 11 is 0. The summed E-state index contributed by atoms with van der Waals surface area (Å²) in [7, 11) is -1.65. The zero-order valence-corrected chi connectivity index (χ0v) is 15.8. The second kappa shape index (κ2) is 8.94. The minimum Gasteiger partial charge on any atom is -0.480 e. The number of sulfonamides is 1. The van der Waals surface area contributed by atoms with E-state index in [1.54, 1.807) is 12.1 Å². The smallest absolute Gasteiger partial charge is 0.243 e. The fourth-order valence-corrected chi connectivity index (χ4v) is 3.95. The van der Waals surface area contributed by atoms with Crippen molar-refractivity contribution in [3.8, 4) is 5.75 Å². The number of rotatable bonds is 9. The van der Waals surface area contributed by atoms with E-state index in [9.17, 15) is 13.5 Å². The van der Waals surface area contributed by atoms with Crippen LogP contribution in [0.1, 0.15) is 28.6 Å². The van der Waals surface area contributed by atoms with Gasteiger partial charge in [-0.05, 0) is 24.5 Å². The number of hydrogen-bond donors (Lipinski definition) is 2. The summed E-state index contributed by atoms with van der Waals surface area (Å²) in [5.41, 5.74) is 5.83. The molecule has 0 saturated carbocycles. The molecular formula is C15H29N2O4PS. The second-order valence-electron chi connectivity index (χ2n) is 5.95. The Morgan fingerprint density at radius 1 is 1.39 bits per heavy atom. The minimum absolute atomic E-state index is 0. The quantitative estimate of drug-likeness (QED) is 0.651.